The number of hydrogen-bond donors (Lipinski definition) is 1. The number of ether oxygens (including phenoxy) is 1. The van der Waals surface area contributed by atoms with Crippen molar-refractivity contribution in [1.29, 1.82) is 5.41 Å². The maximum Gasteiger partial charge on any atom is 0.116 e. The summed E-state index contributed by atoms with van der Waals surface area (Å²) in [7, 11) is 0. The molecule has 0 amide bonds. The Labute approximate surface area is 73.4 Å². The third-order valence-electron chi connectivity index (χ3n) is 1.65. The average Bonchev–Trinajstić information content (AvgIpc) is 2.03. The van der Waals surface area contributed by atoms with E-state index in [4.69, 9.17) is 10.1 Å². The summed E-state index contributed by atoms with van der Waals surface area (Å²) in [6, 6.07) is 0. The molecule has 0 aromatic carbocycles. The SMILES string of the molecule is CC(C)OC1=CC(C=N)CC=C1. The quantitative estimate of drug-likeness (QED) is 0.640. The van der Waals surface area contributed by atoms with Crippen molar-refractivity contribution in [2.24, 2.45) is 5.92 Å². The number of rotatable bonds is 3. The van der Waals surface area contributed by atoms with Crippen molar-refractivity contribution in [3.63, 3.8) is 0 Å². The van der Waals surface area contributed by atoms with Crippen molar-refractivity contribution in [3.8, 4) is 0 Å². The number of allylic oxidation sites excluding steroid dienone is 3. The molecule has 0 bridgehead atoms. The van der Waals surface area contributed by atoms with Gasteiger partial charge in [-0.2, -0.15) is 0 Å². The first kappa shape index (κ1) is 9.04. The Kier molecular flexibility index (Phi) is 3.09. The zero-order chi connectivity index (χ0) is 8.97. The van der Waals surface area contributed by atoms with E-state index in [0.29, 0.717) is 0 Å². The van der Waals surface area contributed by atoms with Crippen molar-refractivity contribution in [2.45, 2.75) is 26.4 Å². The summed E-state index contributed by atoms with van der Waals surface area (Å²) in [6.07, 6.45) is 8.60. The first-order valence-electron chi connectivity index (χ1n) is 4.28. The van der Waals surface area contributed by atoms with Crippen LogP contribution < -0.4 is 0 Å². The second kappa shape index (κ2) is 4.10. The monoisotopic (exact) mass is 165 g/mol. The second-order valence-electron chi connectivity index (χ2n) is 3.20. The molecular weight excluding hydrogens is 150 g/mol. The van der Waals surface area contributed by atoms with Crippen molar-refractivity contribution in [1.82, 2.24) is 0 Å². The van der Waals surface area contributed by atoms with E-state index in [1.807, 2.05) is 32.1 Å². The summed E-state index contributed by atoms with van der Waals surface area (Å²) in [5, 5.41) is 7.11. The highest BCUT2D eigenvalue weighted by atomic mass is 16.5. The van der Waals surface area contributed by atoms with Crippen molar-refractivity contribution < 1.29 is 4.74 Å². The van der Waals surface area contributed by atoms with Gasteiger partial charge in [0.1, 0.15) is 5.76 Å². The topological polar surface area (TPSA) is 33.1 Å². The lowest BCUT2D eigenvalue weighted by Gasteiger charge is -2.15. The van der Waals surface area contributed by atoms with Gasteiger partial charge in [-0.1, -0.05) is 6.08 Å². The fourth-order valence-electron chi connectivity index (χ4n) is 1.14. The first-order chi connectivity index (χ1) is 5.72. The highest BCUT2D eigenvalue weighted by Crippen LogP contribution is 2.16. The smallest absolute Gasteiger partial charge is 0.116 e. The Morgan fingerprint density at radius 2 is 2.42 bits per heavy atom. The Morgan fingerprint density at radius 1 is 1.67 bits per heavy atom. The normalized spacial score (nSPS) is 22.2. The van der Waals surface area contributed by atoms with Crippen LogP contribution in [-0.4, -0.2) is 12.3 Å². The zero-order valence-corrected chi connectivity index (χ0v) is 7.58. The van der Waals surface area contributed by atoms with Crippen LogP contribution in [0.2, 0.25) is 0 Å². The van der Waals surface area contributed by atoms with Gasteiger partial charge in [-0.15, -0.1) is 0 Å². The minimum Gasteiger partial charge on any atom is -0.491 e. The van der Waals surface area contributed by atoms with Gasteiger partial charge in [-0.3, -0.25) is 0 Å². The molecule has 0 fully saturated rings. The average molecular weight is 165 g/mol. The van der Waals surface area contributed by atoms with Crippen LogP contribution >= 0.6 is 0 Å². The summed E-state index contributed by atoms with van der Waals surface area (Å²) < 4.78 is 5.49. The van der Waals surface area contributed by atoms with E-state index in [9.17, 15) is 0 Å². The predicted molar refractivity (Wildman–Crippen MR) is 50.3 cm³/mol. The molecule has 2 nitrogen and oxygen atoms in total. The van der Waals surface area contributed by atoms with Gasteiger partial charge in [0.2, 0.25) is 0 Å². The summed E-state index contributed by atoms with van der Waals surface area (Å²) >= 11 is 0. The zero-order valence-electron chi connectivity index (χ0n) is 7.58. The number of nitrogens with one attached hydrogen (secondary N) is 1. The lowest BCUT2D eigenvalue weighted by molar-refractivity contribution is 0.155. The molecule has 12 heavy (non-hydrogen) atoms. The second-order valence-corrected chi connectivity index (χ2v) is 3.20. The summed E-state index contributed by atoms with van der Waals surface area (Å²) in [6.45, 7) is 4.01. The van der Waals surface area contributed by atoms with Crippen molar-refractivity contribution >= 4 is 6.21 Å². The van der Waals surface area contributed by atoms with E-state index in [2.05, 4.69) is 0 Å². The molecule has 66 valence electrons. The molecule has 1 unspecified atom stereocenters. The molecule has 0 aliphatic heterocycles. The maximum absolute atomic E-state index is 7.11. The molecule has 1 atom stereocenters. The van der Waals surface area contributed by atoms with Crippen LogP contribution in [0.25, 0.3) is 0 Å². The minimum atomic E-state index is 0.213. The molecule has 0 spiro atoms. The van der Waals surface area contributed by atoms with Gasteiger partial charge >= 0.3 is 0 Å². The van der Waals surface area contributed by atoms with Gasteiger partial charge in [0, 0.05) is 12.1 Å². The molecule has 1 rings (SSSR count). The van der Waals surface area contributed by atoms with Gasteiger partial charge in [0.05, 0.1) is 6.10 Å². The molecule has 1 N–H and O–H groups in total. The molecule has 0 radical (unpaired) electrons. The van der Waals surface area contributed by atoms with Crippen LogP contribution in [0.15, 0.2) is 24.0 Å². The lowest BCUT2D eigenvalue weighted by atomic mass is 10.0. The highest BCUT2D eigenvalue weighted by Gasteiger charge is 2.07. The van der Waals surface area contributed by atoms with Gasteiger partial charge in [-0.05, 0) is 32.4 Å². The Morgan fingerprint density at radius 3 is 3.00 bits per heavy atom. The van der Waals surface area contributed by atoms with E-state index in [1.54, 1.807) is 0 Å². The standard InChI is InChI=1S/C10H15NO/c1-8(2)12-10-5-3-4-9(6-10)7-11/h3,5-9,11H,4H2,1-2H3. The molecule has 0 aromatic heterocycles. The van der Waals surface area contributed by atoms with Crippen LogP contribution in [0, 0.1) is 11.3 Å². The Hall–Kier alpha value is -1.05. The molecule has 0 saturated carbocycles. The molecule has 1 aliphatic rings. The molecule has 0 aromatic rings. The third-order valence-corrected chi connectivity index (χ3v) is 1.65. The summed E-state index contributed by atoms with van der Waals surface area (Å²) in [5.74, 6) is 1.12. The molecule has 0 saturated heterocycles. The van der Waals surface area contributed by atoms with Crippen LogP contribution in [0.4, 0.5) is 0 Å². The summed E-state index contributed by atoms with van der Waals surface area (Å²) in [4.78, 5) is 0. The third kappa shape index (κ3) is 2.53. The first-order valence-corrected chi connectivity index (χ1v) is 4.28. The predicted octanol–water partition coefficient (Wildman–Crippen LogP) is 2.52. The lowest BCUT2D eigenvalue weighted by Crippen LogP contribution is -2.07. The fourth-order valence-corrected chi connectivity index (χ4v) is 1.14. The van der Waals surface area contributed by atoms with E-state index in [1.165, 1.54) is 6.21 Å². The van der Waals surface area contributed by atoms with E-state index in [-0.39, 0.29) is 12.0 Å². The van der Waals surface area contributed by atoms with Crippen molar-refractivity contribution in [2.75, 3.05) is 0 Å². The van der Waals surface area contributed by atoms with Crippen LogP contribution in [0.3, 0.4) is 0 Å². The van der Waals surface area contributed by atoms with Gasteiger partial charge < -0.3 is 10.1 Å². The van der Waals surface area contributed by atoms with Gasteiger partial charge in [0.25, 0.3) is 0 Å². The van der Waals surface area contributed by atoms with Crippen molar-refractivity contribution in [3.05, 3.63) is 24.0 Å². The fraction of sp³-hybridized carbons (Fsp3) is 0.500. The molecule has 1 aliphatic carbocycles. The van der Waals surface area contributed by atoms with E-state index < -0.39 is 0 Å². The van der Waals surface area contributed by atoms with Gasteiger partial charge in [-0.25, -0.2) is 0 Å². The van der Waals surface area contributed by atoms with Crippen LogP contribution in [0.1, 0.15) is 20.3 Å². The Bertz CT molecular complexity index is 216. The summed E-state index contributed by atoms with van der Waals surface area (Å²) in [5.41, 5.74) is 0. The number of hydrogen-bond acceptors (Lipinski definition) is 2. The van der Waals surface area contributed by atoms with E-state index >= 15 is 0 Å². The highest BCUT2D eigenvalue weighted by molar-refractivity contribution is 5.61. The minimum absolute atomic E-state index is 0.213. The molecule has 2 heteroatoms. The van der Waals surface area contributed by atoms with Gasteiger partial charge in [0.15, 0.2) is 0 Å². The van der Waals surface area contributed by atoms with E-state index in [0.717, 1.165) is 12.2 Å². The van der Waals surface area contributed by atoms with Crippen LogP contribution in [-0.2, 0) is 4.74 Å². The van der Waals surface area contributed by atoms with Crippen LogP contribution in [0.5, 0.6) is 0 Å². The largest absolute Gasteiger partial charge is 0.491 e. The molecular formula is C10H15NO. The Balaban J connectivity index is 2.57. The molecule has 0 heterocycles. The maximum atomic E-state index is 7.11.